The maximum Gasteiger partial charge on any atom is 0.253 e. The molecule has 0 aromatic heterocycles. The summed E-state index contributed by atoms with van der Waals surface area (Å²) in [6.07, 6.45) is 2.38. The molecule has 0 bridgehead atoms. The van der Waals surface area contributed by atoms with Gasteiger partial charge in [-0.25, -0.2) is 0 Å². The average molecular weight is 460 g/mol. The number of hydrogen-bond acceptors (Lipinski definition) is 3. The van der Waals surface area contributed by atoms with Crippen LogP contribution in [0.1, 0.15) is 56.0 Å². The monoisotopic (exact) mass is 459 g/mol. The van der Waals surface area contributed by atoms with Crippen molar-refractivity contribution in [2.75, 3.05) is 44.2 Å². The highest BCUT2D eigenvalue weighted by Gasteiger charge is 2.22. The van der Waals surface area contributed by atoms with Crippen molar-refractivity contribution >= 4 is 17.5 Å². The number of unbranched alkanes of at least 4 members (excludes halogenated alkanes) is 1. The van der Waals surface area contributed by atoms with Gasteiger partial charge in [-0.3, -0.25) is 14.5 Å². The van der Waals surface area contributed by atoms with E-state index in [-0.39, 0.29) is 11.8 Å². The molecule has 0 atom stereocenters. The number of rotatable bonds is 8. The number of benzene rings is 2. The molecule has 2 aromatic rings. The Morgan fingerprint density at radius 2 is 1.65 bits per heavy atom. The standard InChI is InChI=1S/C29H37N3O2/c1-4-5-13-28(33)32(27-11-7-6-8-12-27)18-9-10-25-14-16-26(17-15-25)29(34)31-21-19-30(20-22-31)23-24(2)3/h6-8,11-12,14-17,24H,4-5,13,18-23H2,1-3H3. The largest absolute Gasteiger partial charge is 0.336 e. The van der Waals surface area contributed by atoms with Gasteiger partial charge >= 0.3 is 0 Å². The van der Waals surface area contributed by atoms with Crippen LogP contribution in [0.25, 0.3) is 0 Å². The van der Waals surface area contributed by atoms with Gasteiger partial charge in [0.25, 0.3) is 5.91 Å². The summed E-state index contributed by atoms with van der Waals surface area (Å²) >= 11 is 0. The maximum absolute atomic E-state index is 12.9. The lowest BCUT2D eigenvalue weighted by Crippen LogP contribution is -2.49. The predicted molar refractivity (Wildman–Crippen MR) is 139 cm³/mol. The van der Waals surface area contributed by atoms with Crippen molar-refractivity contribution < 1.29 is 9.59 Å². The Balaban J connectivity index is 1.59. The maximum atomic E-state index is 12.9. The molecule has 5 heteroatoms. The third-order valence-electron chi connectivity index (χ3n) is 6.00. The Labute approximate surface area is 204 Å². The van der Waals surface area contributed by atoms with Crippen LogP contribution in [0.4, 0.5) is 5.69 Å². The summed E-state index contributed by atoms with van der Waals surface area (Å²) in [5, 5.41) is 0. The fourth-order valence-electron chi connectivity index (χ4n) is 4.14. The first kappa shape index (κ1) is 25.5. The van der Waals surface area contributed by atoms with Gasteiger partial charge in [0.1, 0.15) is 0 Å². The molecule has 0 N–H and O–H groups in total. The Morgan fingerprint density at radius 1 is 0.971 bits per heavy atom. The smallest absolute Gasteiger partial charge is 0.253 e. The van der Waals surface area contributed by atoms with Crippen LogP contribution in [0.2, 0.25) is 0 Å². The van der Waals surface area contributed by atoms with E-state index in [1.165, 1.54) is 0 Å². The van der Waals surface area contributed by atoms with Crippen LogP contribution in [-0.4, -0.2) is 60.9 Å². The van der Waals surface area contributed by atoms with E-state index in [0.717, 1.165) is 56.8 Å². The summed E-state index contributed by atoms with van der Waals surface area (Å²) in [4.78, 5) is 31.7. The Kier molecular flexibility index (Phi) is 9.73. The number of hydrogen-bond donors (Lipinski definition) is 0. The minimum absolute atomic E-state index is 0.0838. The second-order valence-electron chi connectivity index (χ2n) is 9.28. The Morgan fingerprint density at radius 3 is 2.26 bits per heavy atom. The van der Waals surface area contributed by atoms with Gasteiger partial charge < -0.3 is 9.80 Å². The normalized spacial score (nSPS) is 13.9. The lowest BCUT2D eigenvalue weighted by Gasteiger charge is -2.35. The summed E-state index contributed by atoms with van der Waals surface area (Å²) in [5.74, 6) is 7.12. The van der Waals surface area contributed by atoms with E-state index in [0.29, 0.717) is 24.4 Å². The number of anilines is 1. The molecule has 2 aromatic carbocycles. The van der Waals surface area contributed by atoms with E-state index in [1.807, 2.05) is 59.5 Å². The summed E-state index contributed by atoms with van der Waals surface area (Å²) in [6, 6.07) is 17.2. The van der Waals surface area contributed by atoms with E-state index in [2.05, 4.69) is 37.5 Å². The van der Waals surface area contributed by atoms with Crippen LogP contribution in [0, 0.1) is 17.8 Å². The first-order valence-electron chi connectivity index (χ1n) is 12.4. The summed E-state index contributed by atoms with van der Waals surface area (Å²) in [6.45, 7) is 11.4. The van der Waals surface area contributed by atoms with Crippen molar-refractivity contribution in [2.24, 2.45) is 5.92 Å². The molecule has 1 aliphatic rings. The molecule has 0 radical (unpaired) electrons. The number of amides is 2. The van der Waals surface area contributed by atoms with E-state index >= 15 is 0 Å². The van der Waals surface area contributed by atoms with Crippen molar-refractivity contribution in [1.29, 1.82) is 0 Å². The molecule has 2 amide bonds. The SMILES string of the molecule is CCCCC(=O)N(CC#Cc1ccc(C(=O)N2CCN(CC(C)C)CC2)cc1)c1ccccc1. The lowest BCUT2D eigenvalue weighted by molar-refractivity contribution is -0.118. The van der Waals surface area contributed by atoms with Gasteiger partial charge in [0.05, 0.1) is 6.54 Å². The predicted octanol–water partition coefficient (Wildman–Crippen LogP) is 4.68. The summed E-state index contributed by atoms with van der Waals surface area (Å²) < 4.78 is 0. The molecular formula is C29H37N3O2. The first-order chi connectivity index (χ1) is 16.5. The van der Waals surface area contributed by atoms with Gasteiger partial charge in [0, 0.05) is 56.0 Å². The van der Waals surface area contributed by atoms with E-state index in [4.69, 9.17) is 0 Å². The second kappa shape index (κ2) is 13.0. The fraction of sp³-hybridized carbons (Fsp3) is 0.448. The molecule has 34 heavy (non-hydrogen) atoms. The molecule has 0 unspecified atom stereocenters. The molecule has 180 valence electrons. The first-order valence-corrected chi connectivity index (χ1v) is 12.4. The quantitative estimate of drug-likeness (QED) is 0.539. The number of carbonyl (C=O) groups excluding carboxylic acids is 2. The molecule has 3 rings (SSSR count). The average Bonchev–Trinajstić information content (AvgIpc) is 2.86. The third-order valence-corrected chi connectivity index (χ3v) is 6.00. The zero-order chi connectivity index (χ0) is 24.3. The zero-order valence-corrected chi connectivity index (χ0v) is 20.8. The number of para-hydroxylation sites is 1. The van der Waals surface area contributed by atoms with Crippen molar-refractivity contribution in [3.63, 3.8) is 0 Å². The minimum atomic E-state index is 0.0838. The Hall–Kier alpha value is -3.10. The molecule has 0 spiro atoms. The third kappa shape index (κ3) is 7.46. The van der Waals surface area contributed by atoms with E-state index in [1.54, 1.807) is 4.90 Å². The van der Waals surface area contributed by atoms with Crippen LogP contribution < -0.4 is 4.90 Å². The molecule has 1 aliphatic heterocycles. The van der Waals surface area contributed by atoms with Crippen molar-refractivity contribution in [2.45, 2.75) is 40.0 Å². The molecule has 1 heterocycles. The van der Waals surface area contributed by atoms with E-state index in [9.17, 15) is 9.59 Å². The number of nitrogens with zero attached hydrogens (tertiary/aromatic N) is 3. The highest BCUT2D eigenvalue weighted by atomic mass is 16.2. The van der Waals surface area contributed by atoms with Crippen molar-refractivity contribution in [3.05, 3.63) is 65.7 Å². The van der Waals surface area contributed by atoms with Crippen molar-refractivity contribution in [1.82, 2.24) is 9.80 Å². The van der Waals surface area contributed by atoms with Gasteiger partial charge in [0.2, 0.25) is 5.91 Å². The molecule has 0 saturated carbocycles. The highest BCUT2D eigenvalue weighted by Crippen LogP contribution is 2.15. The topological polar surface area (TPSA) is 43.9 Å². The van der Waals surface area contributed by atoms with Gasteiger partial charge in [-0.15, -0.1) is 0 Å². The molecule has 0 aliphatic carbocycles. The summed E-state index contributed by atoms with van der Waals surface area (Å²) in [7, 11) is 0. The van der Waals surface area contributed by atoms with Gasteiger partial charge in [-0.2, -0.15) is 0 Å². The Bertz CT molecular complexity index is 982. The molecule has 5 nitrogen and oxygen atoms in total. The fourth-order valence-corrected chi connectivity index (χ4v) is 4.14. The van der Waals surface area contributed by atoms with Crippen LogP contribution in [0.15, 0.2) is 54.6 Å². The number of carbonyl (C=O) groups is 2. The summed E-state index contributed by atoms with van der Waals surface area (Å²) in [5.41, 5.74) is 2.41. The lowest BCUT2D eigenvalue weighted by atomic mass is 10.1. The molecular weight excluding hydrogens is 422 g/mol. The number of piperazine rings is 1. The molecule has 1 saturated heterocycles. The van der Waals surface area contributed by atoms with Crippen LogP contribution >= 0.6 is 0 Å². The molecule has 1 fully saturated rings. The highest BCUT2D eigenvalue weighted by molar-refractivity contribution is 5.94. The van der Waals surface area contributed by atoms with E-state index < -0.39 is 0 Å². The second-order valence-corrected chi connectivity index (χ2v) is 9.28. The zero-order valence-electron chi connectivity index (χ0n) is 20.8. The van der Waals surface area contributed by atoms with Gasteiger partial charge in [0.15, 0.2) is 0 Å². The van der Waals surface area contributed by atoms with Crippen LogP contribution in [0.5, 0.6) is 0 Å². The van der Waals surface area contributed by atoms with Crippen molar-refractivity contribution in [3.8, 4) is 11.8 Å². The minimum Gasteiger partial charge on any atom is -0.336 e. The van der Waals surface area contributed by atoms with Gasteiger partial charge in [-0.1, -0.05) is 57.2 Å². The van der Waals surface area contributed by atoms with Gasteiger partial charge in [-0.05, 0) is 48.7 Å². The van der Waals surface area contributed by atoms with Crippen LogP contribution in [0.3, 0.4) is 0 Å². The van der Waals surface area contributed by atoms with Crippen LogP contribution in [-0.2, 0) is 4.79 Å².